The molecule has 0 fully saturated rings. The highest BCUT2D eigenvalue weighted by Gasteiger charge is 2.19. The molecule has 0 atom stereocenters. The van der Waals surface area contributed by atoms with Gasteiger partial charge in [0.25, 0.3) is 5.91 Å². The number of amides is 1. The fourth-order valence-electron chi connectivity index (χ4n) is 1.76. The number of oxazole rings is 1. The minimum absolute atomic E-state index is 0.137. The van der Waals surface area contributed by atoms with Crippen molar-refractivity contribution in [3.63, 3.8) is 0 Å². The normalized spacial score (nSPS) is 11.2. The van der Waals surface area contributed by atoms with Gasteiger partial charge in [-0.15, -0.1) is 0 Å². The third-order valence-electron chi connectivity index (χ3n) is 3.09. The number of nitrogens with one attached hydrogen (secondary N) is 1. The zero-order chi connectivity index (χ0) is 16.3. The lowest BCUT2D eigenvalue weighted by atomic mass is 9.94. The van der Waals surface area contributed by atoms with Crippen LogP contribution in [0, 0.1) is 0 Å². The molecule has 0 saturated carbocycles. The lowest BCUT2D eigenvalue weighted by Crippen LogP contribution is -2.23. The molecule has 1 heterocycles. The fraction of sp³-hybridized carbons (Fsp3) is 0.312. The minimum Gasteiger partial charge on any atom is -0.478 e. The average Bonchev–Trinajstić information content (AvgIpc) is 2.94. The molecule has 0 saturated heterocycles. The zero-order valence-corrected chi connectivity index (χ0v) is 12.7. The van der Waals surface area contributed by atoms with Gasteiger partial charge in [0, 0.05) is 11.0 Å². The largest absolute Gasteiger partial charge is 0.478 e. The molecule has 0 aliphatic rings. The predicted octanol–water partition coefficient (Wildman–Crippen LogP) is 2.60. The molecule has 2 aromatic rings. The Labute approximate surface area is 128 Å². The highest BCUT2D eigenvalue weighted by Crippen LogP contribution is 2.22. The Morgan fingerprint density at radius 2 is 1.77 bits per heavy atom. The second-order valence-electron chi connectivity index (χ2n) is 5.93. The molecule has 1 aromatic heterocycles. The SMILES string of the molecule is CC(C)(C)c1cnc(CNC(=O)c2ccc(C(=O)O)cc2)o1. The fourth-order valence-corrected chi connectivity index (χ4v) is 1.76. The van der Waals surface area contributed by atoms with Crippen molar-refractivity contribution in [2.45, 2.75) is 32.7 Å². The van der Waals surface area contributed by atoms with Crippen LogP contribution in [0.15, 0.2) is 34.9 Å². The van der Waals surface area contributed by atoms with Gasteiger partial charge in [0.2, 0.25) is 5.89 Å². The molecule has 0 radical (unpaired) electrons. The average molecular weight is 302 g/mol. The van der Waals surface area contributed by atoms with Gasteiger partial charge >= 0.3 is 5.97 Å². The summed E-state index contributed by atoms with van der Waals surface area (Å²) in [5.41, 5.74) is 0.383. The Morgan fingerprint density at radius 3 is 2.27 bits per heavy atom. The van der Waals surface area contributed by atoms with E-state index in [2.05, 4.69) is 10.3 Å². The van der Waals surface area contributed by atoms with Crippen LogP contribution < -0.4 is 5.32 Å². The summed E-state index contributed by atoms with van der Waals surface area (Å²) in [6.45, 7) is 6.22. The van der Waals surface area contributed by atoms with Crippen molar-refractivity contribution < 1.29 is 19.1 Å². The van der Waals surface area contributed by atoms with Gasteiger partial charge < -0.3 is 14.8 Å². The van der Waals surface area contributed by atoms with Crippen LogP contribution in [0.4, 0.5) is 0 Å². The highest BCUT2D eigenvalue weighted by molar-refractivity contribution is 5.95. The molecule has 0 aliphatic carbocycles. The van der Waals surface area contributed by atoms with E-state index in [4.69, 9.17) is 9.52 Å². The van der Waals surface area contributed by atoms with Crippen LogP contribution in [0.5, 0.6) is 0 Å². The number of carboxylic acids is 1. The predicted molar refractivity (Wildman–Crippen MR) is 79.8 cm³/mol. The van der Waals surface area contributed by atoms with E-state index in [1.54, 1.807) is 6.20 Å². The van der Waals surface area contributed by atoms with E-state index >= 15 is 0 Å². The van der Waals surface area contributed by atoms with Gasteiger partial charge in [-0.1, -0.05) is 20.8 Å². The van der Waals surface area contributed by atoms with E-state index in [9.17, 15) is 9.59 Å². The second kappa shape index (κ2) is 6.01. The van der Waals surface area contributed by atoms with E-state index in [-0.39, 0.29) is 23.4 Å². The first-order valence-corrected chi connectivity index (χ1v) is 6.84. The summed E-state index contributed by atoms with van der Waals surface area (Å²) in [6.07, 6.45) is 1.66. The molecule has 0 aliphatic heterocycles. The van der Waals surface area contributed by atoms with Gasteiger partial charge in [-0.25, -0.2) is 9.78 Å². The van der Waals surface area contributed by atoms with E-state index < -0.39 is 5.97 Å². The van der Waals surface area contributed by atoms with Gasteiger partial charge in [-0.2, -0.15) is 0 Å². The summed E-state index contributed by atoms with van der Waals surface area (Å²) in [6, 6.07) is 5.71. The van der Waals surface area contributed by atoms with Crippen molar-refractivity contribution in [3.05, 3.63) is 53.2 Å². The monoisotopic (exact) mass is 302 g/mol. The molecular formula is C16H18N2O4. The molecular weight excluding hydrogens is 284 g/mol. The summed E-state index contributed by atoms with van der Waals surface area (Å²) >= 11 is 0. The van der Waals surface area contributed by atoms with Crippen molar-refractivity contribution in [2.24, 2.45) is 0 Å². The number of hydrogen-bond acceptors (Lipinski definition) is 4. The van der Waals surface area contributed by atoms with Crippen LogP contribution >= 0.6 is 0 Å². The Kier molecular flexibility index (Phi) is 4.30. The first-order valence-electron chi connectivity index (χ1n) is 6.84. The number of aromatic nitrogens is 1. The number of carbonyl (C=O) groups is 2. The maximum Gasteiger partial charge on any atom is 0.335 e. The molecule has 2 rings (SSSR count). The molecule has 0 spiro atoms. The minimum atomic E-state index is -1.03. The summed E-state index contributed by atoms with van der Waals surface area (Å²) in [5.74, 6) is -0.156. The lowest BCUT2D eigenvalue weighted by molar-refractivity contribution is 0.0696. The smallest absolute Gasteiger partial charge is 0.335 e. The maximum atomic E-state index is 12.0. The highest BCUT2D eigenvalue weighted by atomic mass is 16.4. The molecule has 0 bridgehead atoms. The first-order chi connectivity index (χ1) is 10.3. The standard InChI is InChI=1S/C16H18N2O4/c1-16(2,3)12-8-17-13(22-12)9-18-14(19)10-4-6-11(7-5-10)15(20)21/h4-8H,9H2,1-3H3,(H,18,19)(H,20,21). The molecule has 1 aromatic carbocycles. The van der Waals surface area contributed by atoms with Gasteiger partial charge in [-0.05, 0) is 24.3 Å². The van der Waals surface area contributed by atoms with Crippen LogP contribution in [0.2, 0.25) is 0 Å². The number of benzene rings is 1. The Hall–Kier alpha value is -2.63. The van der Waals surface area contributed by atoms with E-state index in [0.717, 1.165) is 5.76 Å². The molecule has 1 amide bonds. The van der Waals surface area contributed by atoms with Crippen LogP contribution in [0.1, 0.15) is 53.1 Å². The number of nitrogens with zero attached hydrogens (tertiary/aromatic N) is 1. The number of rotatable bonds is 4. The number of aromatic carboxylic acids is 1. The first kappa shape index (κ1) is 15.8. The lowest BCUT2D eigenvalue weighted by Gasteiger charge is -2.13. The topological polar surface area (TPSA) is 92.4 Å². The second-order valence-corrected chi connectivity index (χ2v) is 5.93. The van der Waals surface area contributed by atoms with Crippen molar-refractivity contribution in [1.82, 2.24) is 10.3 Å². The van der Waals surface area contributed by atoms with E-state index in [0.29, 0.717) is 11.5 Å². The number of carboxylic acid groups (broad SMARTS) is 1. The van der Waals surface area contributed by atoms with E-state index in [1.165, 1.54) is 24.3 Å². The molecule has 2 N–H and O–H groups in total. The Bertz CT molecular complexity index is 681. The Morgan fingerprint density at radius 1 is 1.18 bits per heavy atom. The van der Waals surface area contributed by atoms with Crippen molar-refractivity contribution >= 4 is 11.9 Å². The number of carbonyl (C=O) groups excluding carboxylic acids is 1. The van der Waals surface area contributed by atoms with Gasteiger partial charge in [0.1, 0.15) is 5.76 Å². The van der Waals surface area contributed by atoms with Gasteiger partial charge in [0.15, 0.2) is 0 Å². The van der Waals surface area contributed by atoms with Gasteiger partial charge in [-0.3, -0.25) is 4.79 Å². The molecule has 0 unspecified atom stereocenters. The van der Waals surface area contributed by atoms with Crippen LogP contribution in [-0.4, -0.2) is 22.0 Å². The van der Waals surface area contributed by atoms with Crippen LogP contribution in [0.3, 0.4) is 0 Å². The molecule has 6 nitrogen and oxygen atoms in total. The van der Waals surface area contributed by atoms with Gasteiger partial charge in [0.05, 0.1) is 18.3 Å². The summed E-state index contributed by atoms with van der Waals surface area (Å²) in [5, 5.41) is 11.5. The summed E-state index contributed by atoms with van der Waals surface area (Å²) in [7, 11) is 0. The molecule has 22 heavy (non-hydrogen) atoms. The summed E-state index contributed by atoms with van der Waals surface area (Å²) in [4.78, 5) is 26.9. The zero-order valence-electron chi connectivity index (χ0n) is 12.7. The van der Waals surface area contributed by atoms with Crippen LogP contribution in [0.25, 0.3) is 0 Å². The third-order valence-corrected chi connectivity index (χ3v) is 3.09. The maximum absolute atomic E-state index is 12.0. The third kappa shape index (κ3) is 3.72. The number of hydrogen-bond donors (Lipinski definition) is 2. The van der Waals surface area contributed by atoms with Crippen molar-refractivity contribution in [2.75, 3.05) is 0 Å². The van der Waals surface area contributed by atoms with E-state index in [1.807, 2.05) is 20.8 Å². The van der Waals surface area contributed by atoms with Crippen molar-refractivity contribution in [3.8, 4) is 0 Å². The molecule has 6 heteroatoms. The summed E-state index contributed by atoms with van der Waals surface area (Å²) < 4.78 is 5.58. The van der Waals surface area contributed by atoms with Crippen molar-refractivity contribution in [1.29, 1.82) is 0 Å². The van der Waals surface area contributed by atoms with Crippen LogP contribution in [-0.2, 0) is 12.0 Å². The Balaban J connectivity index is 1.98. The molecule has 116 valence electrons. The quantitative estimate of drug-likeness (QED) is 0.905.